The molecule has 156 valence electrons. The van der Waals surface area contributed by atoms with Crippen molar-refractivity contribution < 1.29 is 19.1 Å². The van der Waals surface area contributed by atoms with Crippen molar-refractivity contribution in [2.75, 3.05) is 19.0 Å². The van der Waals surface area contributed by atoms with Crippen LogP contribution in [0.2, 0.25) is 0 Å². The van der Waals surface area contributed by atoms with Crippen LogP contribution in [0, 0.1) is 5.92 Å². The molecule has 1 aliphatic carbocycles. The molecule has 1 amide bonds. The quantitative estimate of drug-likeness (QED) is 0.720. The third-order valence-corrected chi connectivity index (χ3v) is 5.14. The van der Waals surface area contributed by atoms with E-state index < -0.39 is 11.7 Å². The van der Waals surface area contributed by atoms with E-state index in [0.717, 1.165) is 44.5 Å². The Bertz CT molecular complexity index is 643. The molecule has 0 bridgehead atoms. The Morgan fingerprint density at radius 3 is 2.21 bits per heavy atom. The van der Waals surface area contributed by atoms with Gasteiger partial charge >= 0.3 is 12.1 Å². The van der Waals surface area contributed by atoms with Gasteiger partial charge in [0, 0.05) is 18.3 Å². The van der Waals surface area contributed by atoms with E-state index >= 15 is 0 Å². The molecule has 1 aliphatic rings. The Labute approximate surface area is 168 Å². The Morgan fingerprint density at radius 1 is 1.11 bits per heavy atom. The minimum absolute atomic E-state index is 0.0539. The number of nitrogens with zero attached hydrogens (tertiary/aromatic N) is 1. The predicted octanol–water partition coefficient (Wildman–Crippen LogP) is 4.59. The van der Waals surface area contributed by atoms with Crippen LogP contribution >= 0.6 is 0 Å². The molecular weight excluding hydrogens is 356 g/mol. The Hall–Kier alpha value is -2.08. The van der Waals surface area contributed by atoms with Crippen molar-refractivity contribution in [1.82, 2.24) is 4.90 Å². The molecule has 6 nitrogen and oxygen atoms in total. The minimum Gasteiger partial charge on any atom is -0.469 e. The lowest BCUT2D eigenvalue weighted by Crippen LogP contribution is -2.38. The number of ether oxygens (including phenoxy) is 2. The fraction of sp³-hybridized carbons (Fsp3) is 0.636. The zero-order valence-electron chi connectivity index (χ0n) is 17.8. The maximum atomic E-state index is 11.9. The van der Waals surface area contributed by atoms with E-state index in [1.165, 1.54) is 12.7 Å². The summed E-state index contributed by atoms with van der Waals surface area (Å²) in [5.74, 6) is -0.0206. The second kappa shape index (κ2) is 9.92. The van der Waals surface area contributed by atoms with Gasteiger partial charge in [0.25, 0.3) is 0 Å². The van der Waals surface area contributed by atoms with Crippen molar-refractivity contribution in [2.45, 2.75) is 71.6 Å². The highest BCUT2D eigenvalue weighted by atomic mass is 16.6. The van der Waals surface area contributed by atoms with E-state index in [0.29, 0.717) is 6.04 Å². The molecule has 0 atom stereocenters. The summed E-state index contributed by atoms with van der Waals surface area (Å²) < 4.78 is 10.2. The Morgan fingerprint density at radius 2 is 1.71 bits per heavy atom. The number of anilines is 1. The number of benzene rings is 1. The second-order valence-corrected chi connectivity index (χ2v) is 8.42. The number of esters is 1. The topological polar surface area (TPSA) is 67.9 Å². The molecule has 0 aromatic heterocycles. The molecule has 28 heavy (non-hydrogen) atoms. The zero-order valence-corrected chi connectivity index (χ0v) is 17.8. The number of hydrogen-bond acceptors (Lipinski definition) is 5. The van der Waals surface area contributed by atoms with Crippen molar-refractivity contribution in [2.24, 2.45) is 5.92 Å². The van der Waals surface area contributed by atoms with Gasteiger partial charge in [-0.15, -0.1) is 0 Å². The molecule has 0 saturated heterocycles. The molecule has 0 aliphatic heterocycles. The van der Waals surface area contributed by atoms with E-state index in [1.807, 2.05) is 45.0 Å². The summed E-state index contributed by atoms with van der Waals surface area (Å²) in [6.45, 7) is 9.52. The van der Waals surface area contributed by atoms with Crippen molar-refractivity contribution in [1.29, 1.82) is 0 Å². The van der Waals surface area contributed by atoms with Gasteiger partial charge in [-0.1, -0.05) is 19.1 Å². The summed E-state index contributed by atoms with van der Waals surface area (Å²) in [6, 6.07) is 8.37. The minimum atomic E-state index is -0.515. The summed E-state index contributed by atoms with van der Waals surface area (Å²) in [7, 11) is 1.47. The van der Waals surface area contributed by atoms with Crippen molar-refractivity contribution in [3.63, 3.8) is 0 Å². The number of hydrogen-bond donors (Lipinski definition) is 1. The number of methoxy groups -OCH3 is 1. The van der Waals surface area contributed by atoms with Crippen LogP contribution in [0.25, 0.3) is 0 Å². The van der Waals surface area contributed by atoms with Gasteiger partial charge in [-0.2, -0.15) is 0 Å². The first-order chi connectivity index (χ1) is 13.2. The van der Waals surface area contributed by atoms with Gasteiger partial charge in [0.1, 0.15) is 5.60 Å². The highest BCUT2D eigenvalue weighted by Gasteiger charge is 2.29. The normalized spacial score (nSPS) is 19.9. The highest BCUT2D eigenvalue weighted by Crippen LogP contribution is 2.29. The van der Waals surface area contributed by atoms with E-state index in [2.05, 4.69) is 17.1 Å². The number of nitrogens with one attached hydrogen (secondary N) is 1. The van der Waals surface area contributed by atoms with Crippen LogP contribution in [-0.2, 0) is 20.8 Å². The third kappa shape index (κ3) is 6.82. The highest BCUT2D eigenvalue weighted by molar-refractivity contribution is 5.84. The number of amides is 1. The Balaban J connectivity index is 1.88. The van der Waals surface area contributed by atoms with Gasteiger partial charge in [0.05, 0.1) is 13.0 Å². The largest absolute Gasteiger partial charge is 0.469 e. The molecule has 1 saturated carbocycles. The molecule has 6 heteroatoms. The molecule has 1 N–H and O–H groups in total. The van der Waals surface area contributed by atoms with Crippen LogP contribution in [0.3, 0.4) is 0 Å². The standard InChI is InChI=1S/C22H34N2O4/c1-6-24(19-13-9-17(10-14-19)20(25)27-5)15-16-7-11-18(12-8-16)23-21(26)28-22(2,3)4/h7-8,11-12,17,19H,6,9-10,13-15H2,1-5H3,(H,23,26). The molecule has 0 spiro atoms. The first-order valence-corrected chi connectivity index (χ1v) is 10.1. The molecule has 1 aromatic rings. The van der Waals surface area contributed by atoms with Gasteiger partial charge in [-0.3, -0.25) is 15.0 Å². The van der Waals surface area contributed by atoms with Crippen molar-refractivity contribution >= 4 is 17.7 Å². The maximum Gasteiger partial charge on any atom is 0.412 e. The molecule has 0 unspecified atom stereocenters. The summed E-state index contributed by atoms with van der Waals surface area (Å²) >= 11 is 0. The van der Waals surface area contributed by atoms with Gasteiger partial charge < -0.3 is 9.47 Å². The molecule has 1 aromatic carbocycles. The monoisotopic (exact) mass is 390 g/mol. The molecule has 0 radical (unpaired) electrons. The summed E-state index contributed by atoms with van der Waals surface area (Å²) in [5, 5.41) is 2.76. The second-order valence-electron chi connectivity index (χ2n) is 8.42. The van der Waals surface area contributed by atoms with Gasteiger partial charge in [-0.25, -0.2) is 4.79 Å². The van der Waals surface area contributed by atoms with Crippen LogP contribution in [0.15, 0.2) is 24.3 Å². The first kappa shape index (κ1) is 22.2. The fourth-order valence-corrected chi connectivity index (χ4v) is 3.69. The van der Waals surface area contributed by atoms with E-state index in [-0.39, 0.29) is 11.9 Å². The van der Waals surface area contributed by atoms with E-state index in [9.17, 15) is 9.59 Å². The van der Waals surface area contributed by atoms with Crippen molar-refractivity contribution in [3.05, 3.63) is 29.8 Å². The lowest BCUT2D eigenvalue weighted by molar-refractivity contribution is -0.146. The molecule has 0 heterocycles. The lowest BCUT2D eigenvalue weighted by Gasteiger charge is -2.35. The van der Waals surface area contributed by atoms with Crippen LogP contribution in [-0.4, -0.2) is 42.3 Å². The van der Waals surface area contributed by atoms with Crippen LogP contribution < -0.4 is 5.32 Å². The average Bonchev–Trinajstić information content (AvgIpc) is 2.65. The first-order valence-electron chi connectivity index (χ1n) is 10.1. The van der Waals surface area contributed by atoms with Crippen LogP contribution in [0.5, 0.6) is 0 Å². The molecule has 1 fully saturated rings. The van der Waals surface area contributed by atoms with E-state index in [4.69, 9.17) is 9.47 Å². The number of rotatable bonds is 6. The van der Waals surface area contributed by atoms with Crippen molar-refractivity contribution in [3.8, 4) is 0 Å². The maximum absolute atomic E-state index is 11.9. The number of carbonyl (C=O) groups is 2. The SMILES string of the molecule is CCN(Cc1ccc(NC(=O)OC(C)(C)C)cc1)C1CCC(C(=O)OC)CC1. The predicted molar refractivity (Wildman–Crippen MR) is 110 cm³/mol. The van der Waals surface area contributed by atoms with E-state index in [1.54, 1.807) is 0 Å². The number of carbonyl (C=O) groups excluding carboxylic acids is 2. The average molecular weight is 391 g/mol. The lowest BCUT2D eigenvalue weighted by atomic mass is 9.85. The van der Waals surface area contributed by atoms with Gasteiger partial charge in [-0.05, 0) is 70.7 Å². The summed E-state index contributed by atoms with van der Waals surface area (Å²) in [5.41, 5.74) is 1.41. The third-order valence-electron chi connectivity index (χ3n) is 5.14. The van der Waals surface area contributed by atoms with Crippen LogP contribution in [0.4, 0.5) is 10.5 Å². The molecular formula is C22H34N2O4. The van der Waals surface area contributed by atoms with Crippen LogP contribution in [0.1, 0.15) is 58.9 Å². The van der Waals surface area contributed by atoms with Gasteiger partial charge in [0.2, 0.25) is 0 Å². The summed E-state index contributed by atoms with van der Waals surface area (Å²) in [6.07, 6.45) is 3.38. The van der Waals surface area contributed by atoms with Gasteiger partial charge in [0.15, 0.2) is 0 Å². The molecule has 2 rings (SSSR count). The summed E-state index contributed by atoms with van der Waals surface area (Å²) in [4.78, 5) is 26.0. The smallest absolute Gasteiger partial charge is 0.412 e. The zero-order chi connectivity index (χ0) is 20.7. The fourth-order valence-electron chi connectivity index (χ4n) is 3.69. The Kier molecular flexibility index (Phi) is 7.87.